The summed E-state index contributed by atoms with van der Waals surface area (Å²) >= 11 is 3.62. The van der Waals surface area contributed by atoms with Gasteiger partial charge in [0, 0.05) is 10.5 Å². The van der Waals surface area contributed by atoms with Gasteiger partial charge in [-0.05, 0) is 55.6 Å². The fourth-order valence-corrected chi connectivity index (χ4v) is 2.87. The van der Waals surface area contributed by atoms with Gasteiger partial charge in [-0.2, -0.15) is 0 Å². The summed E-state index contributed by atoms with van der Waals surface area (Å²) in [7, 11) is 2.01. The van der Waals surface area contributed by atoms with E-state index in [-0.39, 0.29) is 0 Å². The number of nitrogens with one attached hydrogen (secondary N) is 1. The molecular weight excluding hydrogens is 326 g/mol. The maximum atomic E-state index is 5.80. The molecule has 110 valence electrons. The summed E-state index contributed by atoms with van der Waals surface area (Å²) in [6.07, 6.45) is 3.81. The van der Waals surface area contributed by atoms with Crippen LogP contribution in [-0.4, -0.2) is 13.2 Å². The average Bonchev–Trinajstić information content (AvgIpc) is 3.31. The van der Waals surface area contributed by atoms with Gasteiger partial charge in [-0.25, -0.2) is 0 Å². The number of hydrogen-bond donors (Lipinski definition) is 1. The normalized spacial score (nSPS) is 15.7. The Balaban J connectivity index is 1.71. The van der Waals surface area contributed by atoms with Gasteiger partial charge in [0.15, 0.2) is 0 Å². The minimum atomic E-state index is 0.304. The summed E-state index contributed by atoms with van der Waals surface area (Å²) in [5.74, 6) is 0.983. The smallest absolute Gasteiger partial charge is 0.119 e. The van der Waals surface area contributed by atoms with Crippen LogP contribution in [0.25, 0.3) is 0 Å². The Morgan fingerprint density at radius 3 is 2.48 bits per heavy atom. The third-order valence-electron chi connectivity index (χ3n) is 3.84. The van der Waals surface area contributed by atoms with Gasteiger partial charge in [-0.15, -0.1) is 0 Å². The molecule has 21 heavy (non-hydrogen) atoms. The molecular formula is C18H20BrNO. The average molecular weight is 346 g/mol. The molecule has 0 amide bonds. The van der Waals surface area contributed by atoms with E-state index in [9.17, 15) is 0 Å². The fourth-order valence-electron chi connectivity index (χ4n) is 2.43. The highest BCUT2D eigenvalue weighted by Crippen LogP contribution is 2.28. The molecule has 3 heteroatoms. The van der Waals surface area contributed by atoms with Crippen LogP contribution in [0.2, 0.25) is 0 Å². The molecule has 1 saturated carbocycles. The quantitative estimate of drug-likeness (QED) is 0.832. The van der Waals surface area contributed by atoms with Crippen LogP contribution < -0.4 is 10.1 Å². The molecule has 1 atom stereocenters. The lowest BCUT2D eigenvalue weighted by atomic mass is 9.99. The maximum absolute atomic E-state index is 5.80. The predicted molar refractivity (Wildman–Crippen MR) is 89.7 cm³/mol. The van der Waals surface area contributed by atoms with Gasteiger partial charge in [-0.1, -0.05) is 46.3 Å². The Morgan fingerprint density at radius 1 is 1.14 bits per heavy atom. The molecule has 1 aliphatic rings. The zero-order valence-corrected chi connectivity index (χ0v) is 13.8. The summed E-state index contributed by atoms with van der Waals surface area (Å²) < 4.78 is 6.97. The molecule has 2 aromatic rings. The zero-order valence-electron chi connectivity index (χ0n) is 12.2. The molecule has 0 aromatic heterocycles. The van der Waals surface area contributed by atoms with Crippen LogP contribution in [0.4, 0.5) is 0 Å². The molecule has 2 nitrogen and oxygen atoms in total. The number of likely N-dealkylation sites (N-methyl/N-ethyl adjacent to an activating group) is 1. The van der Waals surface area contributed by atoms with Crippen molar-refractivity contribution in [3.63, 3.8) is 0 Å². The number of rotatable bonds is 6. The van der Waals surface area contributed by atoms with E-state index in [4.69, 9.17) is 4.74 Å². The Labute approximate surface area is 134 Å². The highest BCUT2D eigenvalue weighted by Gasteiger charge is 2.23. The van der Waals surface area contributed by atoms with Gasteiger partial charge in [0.05, 0.1) is 6.10 Å². The van der Waals surface area contributed by atoms with E-state index < -0.39 is 0 Å². The SMILES string of the molecule is CNC(Cc1ccccc1Br)c1ccc(OC2CC2)cc1. The molecule has 1 N–H and O–H groups in total. The Bertz CT molecular complexity index is 592. The van der Waals surface area contributed by atoms with Crippen molar-refractivity contribution in [1.82, 2.24) is 5.32 Å². The van der Waals surface area contributed by atoms with Crippen LogP contribution in [0.15, 0.2) is 53.0 Å². The number of ether oxygens (including phenoxy) is 1. The van der Waals surface area contributed by atoms with Crippen molar-refractivity contribution in [1.29, 1.82) is 0 Å². The van der Waals surface area contributed by atoms with Crippen molar-refractivity contribution >= 4 is 15.9 Å². The second-order valence-electron chi connectivity index (χ2n) is 5.52. The van der Waals surface area contributed by atoms with Crippen LogP contribution >= 0.6 is 15.9 Å². The van der Waals surface area contributed by atoms with Gasteiger partial charge in [0.2, 0.25) is 0 Å². The van der Waals surface area contributed by atoms with Crippen molar-refractivity contribution in [3.8, 4) is 5.75 Å². The zero-order chi connectivity index (χ0) is 14.7. The molecule has 3 rings (SSSR count). The molecule has 0 aliphatic heterocycles. The lowest BCUT2D eigenvalue weighted by molar-refractivity contribution is 0.303. The molecule has 1 unspecified atom stereocenters. The highest BCUT2D eigenvalue weighted by molar-refractivity contribution is 9.10. The van der Waals surface area contributed by atoms with E-state index in [1.165, 1.54) is 28.4 Å². The fraction of sp³-hybridized carbons (Fsp3) is 0.333. The first-order valence-corrected chi connectivity index (χ1v) is 8.23. The summed E-state index contributed by atoms with van der Waals surface area (Å²) in [5.41, 5.74) is 2.60. The van der Waals surface area contributed by atoms with Crippen molar-refractivity contribution < 1.29 is 4.74 Å². The number of halogens is 1. The van der Waals surface area contributed by atoms with E-state index in [0.29, 0.717) is 12.1 Å². The first kappa shape index (κ1) is 14.6. The predicted octanol–water partition coefficient (Wildman–Crippen LogP) is 4.49. The monoisotopic (exact) mass is 345 g/mol. The highest BCUT2D eigenvalue weighted by atomic mass is 79.9. The first-order valence-electron chi connectivity index (χ1n) is 7.43. The van der Waals surface area contributed by atoms with E-state index in [0.717, 1.165) is 12.2 Å². The van der Waals surface area contributed by atoms with Crippen LogP contribution in [0.5, 0.6) is 5.75 Å². The Morgan fingerprint density at radius 2 is 1.86 bits per heavy atom. The van der Waals surface area contributed by atoms with Crippen molar-refractivity contribution in [2.75, 3.05) is 7.05 Å². The largest absolute Gasteiger partial charge is 0.490 e. The standard InChI is InChI=1S/C18H20BrNO/c1-20-18(12-14-4-2-3-5-17(14)19)13-6-8-15(9-7-13)21-16-10-11-16/h2-9,16,18,20H,10-12H2,1H3. The molecule has 0 saturated heterocycles. The van der Waals surface area contributed by atoms with Gasteiger partial charge >= 0.3 is 0 Å². The number of benzene rings is 2. The second-order valence-corrected chi connectivity index (χ2v) is 6.38. The molecule has 0 heterocycles. The van der Waals surface area contributed by atoms with Gasteiger partial charge in [0.25, 0.3) is 0 Å². The Hall–Kier alpha value is -1.32. The lowest BCUT2D eigenvalue weighted by Gasteiger charge is -2.18. The van der Waals surface area contributed by atoms with E-state index in [1.807, 2.05) is 13.1 Å². The summed E-state index contributed by atoms with van der Waals surface area (Å²) in [6.45, 7) is 0. The molecule has 0 bridgehead atoms. The molecule has 0 spiro atoms. The maximum Gasteiger partial charge on any atom is 0.119 e. The third kappa shape index (κ3) is 3.86. The van der Waals surface area contributed by atoms with Crippen molar-refractivity contribution in [3.05, 3.63) is 64.1 Å². The van der Waals surface area contributed by atoms with Gasteiger partial charge in [0.1, 0.15) is 5.75 Å². The van der Waals surface area contributed by atoms with E-state index in [1.54, 1.807) is 0 Å². The van der Waals surface area contributed by atoms with E-state index in [2.05, 4.69) is 63.7 Å². The molecule has 1 aliphatic carbocycles. The first-order chi connectivity index (χ1) is 10.3. The van der Waals surface area contributed by atoms with Gasteiger partial charge in [-0.3, -0.25) is 0 Å². The topological polar surface area (TPSA) is 21.3 Å². The summed E-state index contributed by atoms with van der Waals surface area (Å²) in [4.78, 5) is 0. The van der Waals surface area contributed by atoms with Crippen LogP contribution in [0.1, 0.15) is 30.0 Å². The second kappa shape index (κ2) is 6.63. The van der Waals surface area contributed by atoms with E-state index >= 15 is 0 Å². The molecule has 2 aromatic carbocycles. The van der Waals surface area contributed by atoms with Crippen molar-refractivity contribution in [2.24, 2.45) is 0 Å². The Kier molecular flexibility index (Phi) is 4.61. The minimum Gasteiger partial charge on any atom is -0.490 e. The third-order valence-corrected chi connectivity index (χ3v) is 4.61. The van der Waals surface area contributed by atoms with Crippen molar-refractivity contribution in [2.45, 2.75) is 31.4 Å². The lowest BCUT2D eigenvalue weighted by Crippen LogP contribution is -2.19. The number of hydrogen-bond acceptors (Lipinski definition) is 2. The molecule has 0 radical (unpaired) electrons. The summed E-state index contributed by atoms with van der Waals surface area (Å²) in [5, 5.41) is 3.40. The van der Waals surface area contributed by atoms with Crippen LogP contribution in [0, 0.1) is 0 Å². The van der Waals surface area contributed by atoms with Crippen LogP contribution in [-0.2, 0) is 6.42 Å². The summed E-state index contributed by atoms with van der Waals surface area (Å²) in [6, 6.07) is 17.2. The van der Waals surface area contributed by atoms with Gasteiger partial charge < -0.3 is 10.1 Å². The molecule has 1 fully saturated rings. The van der Waals surface area contributed by atoms with Crippen LogP contribution in [0.3, 0.4) is 0 Å². The minimum absolute atomic E-state index is 0.304.